The van der Waals surface area contributed by atoms with Crippen LogP contribution < -0.4 is 20.9 Å². The molecule has 3 fully saturated rings. The van der Waals surface area contributed by atoms with Gasteiger partial charge >= 0.3 is 0 Å². The summed E-state index contributed by atoms with van der Waals surface area (Å²) in [7, 11) is 0. The van der Waals surface area contributed by atoms with E-state index >= 15 is 0 Å². The fourth-order valence-electron chi connectivity index (χ4n) is 4.25. The number of hydrogen-bond donors (Lipinski definition) is 3. The van der Waals surface area contributed by atoms with Crippen LogP contribution in [0.2, 0.25) is 0 Å². The van der Waals surface area contributed by atoms with Crippen LogP contribution in [0.15, 0.2) is 42.2 Å². The standard InChI is InChI=1S/C24H25N7O3/c32-22-10-15(24(33)29-22)9-16-14-25-31-4-3-21(28-23(16)31)27-19-11-18(26-17-1-2-17)12-20(13-19)30-5-7-34-8-6-30/h3-4,9,11-14,17,26H,1-2,5-8,10H2,(H,27,28)(H,29,32,33)/b15-9-. The van der Waals surface area contributed by atoms with E-state index in [0.29, 0.717) is 28.6 Å². The quantitative estimate of drug-likeness (QED) is 0.380. The van der Waals surface area contributed by atoms with E-state index < -0.39 is 0 Å². The number of fused-ring (bicyclic) bond motifs is 1. The fourth-order valence-corrected chi connectivity index (χ4v) is 4.25. The summed E-state index contributed by atoms with van der Waals surface area (Å²) in [5.74, 6) is 0.00384. The van der Waals surface area contributed by atoms with Gasteiger partial charge in [-0.15, -0.1) is 0 Å². The van der Waals surface area contributed by atoms with E-state index in [1.807, 2.05) is 12.3 Å². The highest BCUT2D eigenvalue weighted by Gasteiger charge is 2.24. The van der Waals surface area contributed by atoms with Gasteiger partial charge in [-0.2, -0.15) is 5.10 Å². The van der Waals surface area contributed by atoms with Crippen molar-refractivity contribution in [2.45, 2.75) is 25.3 Å². The zero-order valence-corrected chi connectivity index (χ0v) is 18.6. The number of anilines is 4. The summed E-state index contributed by atoms with van der Waals surface area (Å²) < 4.78 is 7.17. The molecule has 34 heavy (non-hydrogen) atoms. The number of morpholine rings is 1. The molecule has 2 aromatic heterocycles. The van der Waals surface area contributed by atoms with Crippen LogP contribution in [0.4, 0.5) is 22.9 Å². The van der Waals surface area contributed by atoms with Gasteiger partial charge in [0.05, 0.1) is 25.8 Å². The summed E-state index contributed by atoms with van der Waals surface area (Å²) in [5, 5.41) is 13.7. The predicted octanol–water partition coefficient (Wildman–Crippen LogP) is 2.31. The number of carbonyl (C=O) groups excluding carboxylic acids is 2. The third-order valence-electron chi connectivity index (χ3n) is 6.14. The Hall–Kier alpha value is -3.92. The van der Waals surface area contributed by atoms with Gasteiger partial charge in [0.1, 0.15) is 5.82 Å². The Morgan fingerprint density at radius 3 is 2.71 bits per heavy atom. The Kier molecular flexibility index (Phi) is 5.14. The molecule has 174 valence electrons. The number of carbonyl (C=O) groups is 2. The van der Waals surface area contributed by atoms with Crippen LogP contribution in [0.25, 0.3) is 11.7 Å². The first-order valence-electron chi connectivity index (χ1n) is 11.5. The molecule has 0 unspecified atom stereocenters. The first-order valence-corrected chi connectivity index (χ1v) is 11.5. The van der Waals surface area contributed by atoms with Crippen LogP contribution in [0.5, 0.6) is 0 Å². The van der Waals surface area contributed by atoms with Gasteiger partial charge in [0.2, 0.25) is 5.91 Å². The van der Waals surface area contributed by atoms with Crippen molar-refractivity contribution in [3.8, 4) is 0 Å². The maximum atomic E-state index is 12.0. The van der Waals surface area contributed by atoms with Crippen LogP contribution in [-0.2, 0) is 14.3 Å². The van der Waals surface area contributed by atoms with Gasteiger partial charge in [-0.05, 0) is 43.2 Å². The summed E-state index contributed by atoms with van der Waals surface area (Å²) in [6.07, 6.45) is 7.61. The highest BCUT2D eigenvalue weighted by atomic mass is 16.5. The smallest absolute Gasteiger partial charge is 0.254 e. The number of rotatable bonds is 6. The van der Waals surface area contributed by atoms with Gasteiger partial charge in [-0.3, -0.25) is 14.9 Å². The van der Waals surface area contributed by atoms with E-state index in [1.165, 1.54) is 12.8 Å². The van der Waals surface area contributed by atoms with E-state index in [9.17, 15) is 9.59 Å². The van der Waals surface area contributed by atoms with E-state index in [-0.39, 0.29) is 18.2 Å². The molecule has 6 rings (SSSR count). The number of imide groups is 1. The molecular formula is C24H25N7O3. The minimum Gasteiger partial charge on any atom is -0.382 e. The second-order valence-electron chi connectivity index (χ2n) is 8.82. The number of nitrogens with zero attached hydrogens (tertiary/aromatic N) is 4. The molecule has 4 heterocycles. The minimum absolute atomic E-state index is 0.0687. The van der Waals surface area contributed by atoms with Gasteiger partial charge in [-0.25, -0.2) is 9.50 Å². The van der Waals surface area contributed by atoms with Gasteiger partial charge in [0, 0.05) is 53.5 Å². The van der Waals surface area contributed by atoms with Gasteiger partial charge < -0.3 is 20.3 Å². The fraction of sp³-hybridized carbons (Fsp3) is 0.333. The van der Waals surface area contributed by atoms with Crippen molar-refractivity contribution < 1.29 is 14.3 Å². The SMILES string of the molecule is O=C1C/C(=C/c2cnn3ccc(Nc4cc(NC5CC5)cc(N5CCOCC5)c4)nc23)C(=O)N1. The molecule has 2 aliphatic heterocycles. The number of nitrogens with one attached hydrogen (secondary N) is 3. The Bertz CT molecular complexity index is 1310. The molecule has 1 aromatic carbocycles. The summed E-state index contributed by atoms with van der Waals surface area (Å²) >= 11 is 0. The van der Waals surface area contributed by atoms with Crippen LogP contribution in [0.1, 0.15) is 24.8 Å². The predicted molar refractivity (Wildman–Crippen MR) is 128 cm³/mol. The summed E-state index contributed by atoms with van der Waals surface area (Å²) in [4.78, 5) is 30.5. The lowest BCUT2D eigenvalue weighted by Gasteiger charge is -2.29. The third-order valence-corrected chi connectivity index (χ3v) is 6.14. The lowest BCUT2D eigenvalue weighted by molar-refractivity contribution is -0.124. The van der Waals surface area contributed by atoms with Crippen LogP contribution in [0, 0.1) is 0 Å². The molecule has 0 radical (unpaired) electrons. The van der Waals surface area contributed by atoms with Crippen LogP contribution >= 0.6 is 0 Å². The van der Waals surface area contributed by atoms with Crippen molar-refractivity contribution in [1.82, 2.24) is 19.9 Å². The molecule has 2 saturated heterocycles. The van der Waals surface area contributed by atoms with Crippen molar-refractivity contribution in [2.24, 2.45) is 0 Å². The first-order chi connectivity index (χ1) is 16.6. The topological polar surface area (TPSA) is 113 Å². The zero-order valence-electron chi connectivity index (χ0n) is 18.6. The number of benzene rings is 1. The summed E-state index contributed by atoms with van der Waals surface area (Å²) in [6.45, 7) is 3.18. The molecule has 1 saturated carbocycles. The highest BCUT2D eigenvalue weighted by molar-refractivity contribution is 6.15. The molecule has 3 aliphatic rings. The minimum atomic E-state index is -0.366. The molecule has 3 N–H and O–H groups in total. The number of ether oxygens (including phenoxy) is 1. The lowest BCUT2D eigenvalue weighted by atomic mass is 10.1. The van der Waals surface area contributed by atoms with Gasteiger partial charge in [0.25, 0.3) is 5.91 Å². The van der Waals surface area contributed by atoms with Crippen LogP contribution in [0.3, 0.4) is 0 Å². The van der Waals surface area contributed by atoms with Crippen molar-refractivity contribution in [3.63, 3.8) is 0 Å². The maximum Gasteiger partial charge on any atom is 0.254 e. The van der Waals surface area contributed by atoms with Gasteiger partial charge in [0.15, 0.2) is 5.65 Å². The molecule has 0 bridgehead atoms. The molecule has 10 heteroatoms. The van der Waals surface area contributed by atoms with E-state index in [4.69, 9.17) is 9.72 Å². The molecule has 1 aliphatic carbocycles. The third kappa shape index (κ3) is 4.32. The molecule has 2 amide bonds. The van der Waals surface area contributed by atoms with E-state index in [1.54, 1.807) is 16.8 Å². The molecule has 10 nitrogen and oxygen atoms in total. The Labute approximate surface area is 196 Å². The number of hydrogen-bond acceptors (Lipinski definition) is 8. The normalized spacial score (nSPS) is 19.6. The lowest BCUT2D eigenvalue weighted by Crippen LogP contribution is -2.36. The average Bonchev–Trinajstić information content (AvgIpc) is 3.48. The molecule has 3 aromatic rings. The first kappa shape index (κ1) is 20.7. The zero-order chi connectivity index (χ0) is 23.1. The molecule has 0 atom stereocenters. The van der Waals surface area contributed by atoms with Crippen molar-refractivity contribution in [3.05, 3.63) is 47.8 Å². The number of aromatic nitrogens is 3. The number of amides is 2. The Morgan fingerprint density at radius 1 is 1.12 bits per heavy atom. The van der Waals surface area contributed by atoms with Crippen molar-refractivity contribution in [1.29, 1.82) is 0 Å². The second kappa shape index (κ2) is 8.45. The average molecular weight is 460 g/mol. The monoisotopic (exact) mass is 459 g/mol. The summed E-state index contributed by atoms with van der Waals surface area (Å²) in [5.41, 5.74) is 4.86. The van der Waals surface area contributed by atoms with E-state index in [2.05, 4.69) is 44.1 Å². The maximum absolute atomic E-state index is 12.0. The molecular weight excluding hydrogens is 434 g/mol. The van der Waals surface area contributed by atoms with Crippen molar-refractivity contribution >= 4 is 46.4 Å². The second-order valence-corrected chi connectivity index (χ2v) is 8.82. The Balaban J connectivity index is 1.30. The molecule has 0 spiro atoms. The van der Waals surface area contributed by atoms with E-state index in [0.717, 1.165) is 43.4 Å². The highest BCUT2D eigenvalue weighted by Crippen LogP contribution is 2.32. The summed E-state index contributed by atoms with van der Waals surface area (Å²) in [6, 6.07) is 8.83. The van der Waals surface area contributed by atoms with Gasteiger partial charge in [-0.1, -0.05) is 0 Å². The van der Waals surface area contributed by atoms with Crippen molar-refractivity contribution in [2.75, 3.05) is 41.8 Å². The largest absolute Gasteiger partial charge is 0.382 e. The Morgan fingerprint density at radius 2 is 1.94 bits per heavy atom. The van der Waals surface area contributed by atoms with Crippen LogP contribution in [-0.4, -0.2) is 58.8 Å².